The van der Waals surface area contributed by atoms with Gasteiger partial charge in [-0.1, -0.05) is 51.1 Å². The predicted octanol–water partition coefficient (Wildman–Crippen LogP) is 3.05. The number of carbonyl (C=O) groups excluding carboxylic acids is 1. The average molecular weight is 471 g/mol. The van der Waals surface area contributed by atoms with E-state index in [0.29, 0.717) is 5.56 Å². The van der Waals surface area contributed by atoms with E-state index in [1.165, 1.54) is 0 Å². The molecular weight excluding hydrogens is 448 g/mol. The van der Waals surface area contributed by atoms with Crippen LogP contribution < -0.4 is 10.9 Å². The number of nitrogens with one attached hydrogen (secondary N) is 1. The fourth-order valence-corrected chi connectivity index (χ4v) is 3.33. The Kier molecular flexibility index (Phi) is 6.80. The Hall–Kier alpha value is -4.08. The minimum Gasteiger partial charge on any atom is -0.493 e. The molecule has 1 amide bonds. The summed E-state index contributed by atoms with van der Waals surface area (Å²) in [6, 6.07) is 10.2. The van der Waals surface area contributed by atoms with Crippen LogP contribution in [0.2, 0.25) is 0 Å². The van der Waals surface area contributed by atoms with Crippen LogP contribution in [0.15, 0.2) is 47.3 Å². The van der Waals surface area contributed by atoms with Gasteiger partial charge in [-0.25, -0.2) is 8.78 Å². The molecule has 3 aromatic rings. The second-order valence-electron chi connectivity index (χ2n) is 8.65. The third kappa shape index (κ3) is 5.11. The summed E-state index contributed by atoms with van der Waals surface area (Å²) in [6.07, 6.45) is 0. The van der Waals surface area contributed by atoms with Crippen LogP contribution in [0.3, 0.4) is 0 Å². The highest BCUT2D eigenvalue weighted by atomic mass is 19.1. The van der Waals surface area contributed by atoms with Gasteiger partial charge in [0.1, 0.15) is 18.2 Å². The Morgan fingerprint density at radius 1 is 1.06 bits per heavy atom. The molecule has 3 rings (SSSR count). The standard InChI is InChI=1S/C24H23F2N3O5/c1-24(2,3)14-9-7-13(8-10-14)12-29-20(18-15(25)5-4-6-16(18)26)28-22(33)19(23(29)34)21(32)27-11-17(30)31/h4-10,33H,11-12H2,1-3H3,(H,27,32)(H,30,31). The Morgan fingerprint density at radius 3 is 2.18 bits per heavy atom. The lowest BCUT2D eigenvalue weighted by Gasteiger charge is -2.20. The second-order valence-corrected chi connectivity index (χ2v) is 8.65. The first-order valence-corrected chi connectivity index (χ1v) is 10.3. The van der Waals surface area contributed by atoms with Crippen LogP contribution in [0.1, 0.15) is 42.3 Å². The molecule has 0 fully saturated rings. The lowest BCUT2D eigenvalue weighted by molar-refractivity contribution is -0.135. The van der Waals surface area contributed by atoms with Crippen molar-refractivity contribution in [2.24, 2.45) is 0 Å². The zero-order valence-electron chi connectivity index (χ0n) is 18.7. The van der Waals surface area contributed by atoms with E-state index >= 15 is 0 Å². The van der Waals surface area contributed by atoms with E-state index in [2.05, 4.69) is 4.98 Å². The quantitative estimate of drug-likeness (QED) is 0.508. The maximum absolute atomic E-state index is 14.5. The number of halogens is 2. The molecule has 34 heavy (non-hydrogen) atoms. The summed E-state index contributed by atoms with van der Waals surface area (Å²) in [5, 5.41) is 21.0. The number of hydrogen-bond donors (Lipinski definition) is 3. The van der Waals surface area contributed by atoms with Crippen LogP contribution in [-0.2, 0) is 16.8 Å². The Balaban J connectivity index is 2.19. The van der Waals surface area contributed by atoms with Gasteiger partial charge in [-0.05, 0) is 28.7 Å². The largest absolute Gasteiger partial charge is 0.493 e. The number of carboxylic acid groups (broad SMARTS) is 1. The van der Waals surface area contributed by atoms with Crippen LogP contribution in [0.4, 0.5) is 8.78 Å². The fraction of sp³-hybridized carbons (Fsp3) is 0.250. The molecule has 0 saturated heterocycles. The van der Waals surface area contributed by atoms with E-state index in [1.807, 2.05) is 38.2 Å². The van der Waals surface area contributed by atoms with Crippen molar-refractivity contribution in [3.63, 3.8) is 0 Å². The topological polar surface area (TPSA) is 122 Å². The molecule has 0 atom stereocenters. The van der Waals surface area contributed by atoms with Gasteiger partial charge < -0.3 is 15.5 Å². The third-order valence-electron chi connectivity index (χ3n) is 5.12. The Labute approximate surface area is 193 Å². The number of aromatic hydroxyl groups is 1. The number of nitrogens with zero attached hydrogens (tertiary/aromatic N) is 2. The van der Waals surface area contributed by atoms with Gasteiger partial charge in [0.05, 0.1) is 12.1 Å². The van der Waals surface area contributed by atoms with Crippen molar-refractivity contribution < 1.29 is 28.6 Å². The fourth-order valence-electron chi connectivity index (χ4n) is 3.33. The molecule has 1 aromatic heterocycles. The first-order chi connectivity index (χ1) is 15.9. The summed E-state index contributed by atoms with van der Waals surface area (Å²) in [5.41, 5.74) is -1.13. The number of hydrogen-bond acceptors (Lipinski definition) is 5. The summed E-state index contributed by atoms with van der Waals surface area (Å²) in [5.74, 6) is -6.20. The summed E-state index contributed by atoms with van der Waals surface area (Å²) in [4.78, 5) is 40.2. The molecule has 178 valence electrons. The second kappa shape index (κ2) is 9.42. The first kappa shape index (κ1) is 24.6. The minimum atomic E-state index is -1.37. The zero-order chi connectivity index (χ0) is 25.2. The number of carbonyl (C=O) groups is 2. The van der Waals surface area contributed by atoms with E-state index in [-0.39, 0.29) is 12.0 Å². The van der Waals surface area contributed by atoms with E-state index < -0.39 is 58.4 Å². The highest BCUT2D eigenvalue weighted by Crippen LogP contribution is 2.27. The number of amides is 1. The zero-order valence-corrected chi connectivity index (χ0v) is 18.7. The summed E-state index contributed by atoms with van der Waals surface area (Å²) in [6.45, 7) is 5.04. The monoisotopic (exact) mass is 471 g/mol. The van der Waals surface area contributed by atoms with E-state index in [1.54, 1.807) is 12.1 Å². The van der Waals surface area contributed by atoms with Gasteiger partial charge in [0.25, 0.3) is 11.5 Å². The number of rotatable bonds is 6. The molecule has 0 bridgehead atoms. The molecule has 3 N–H and O–H groups in total. The van der Waals surface area contributed by atoms with Crippen molar-refractivity contribution >= 4 is 11.9 Å². The van der Waals surface area contributed by atoms with Crippen LogP contribution in [0.5, 0.6) is 5.88 Å². The summed E-state index contributed by atoms with van der Waals surface area (Å²) in [7, 11) is 0. The van der Waals surface area contributed by atoms with Gasteiger partial charge in [-0.2, -0.15) is 4.98 Å². The maximum atomic E-state index is 14.5. The molecule has 0 radical (unpaired) electrons. The van der Waals surface area contributed by atoms with Crippen molar-refractivity contribution in [1.82, 2.24) is 14.9 Å². The summed E-state index contributed by atoms with van der Waals surface area (Å²) >= 11 is 0. The molecule has 0 aliphatic rings. The first-order valence-electron chi connectivity index (χ1n) is 10.3. The SMILES string of the molecule is CC(C)(C)c1ccc(Cn2c(-c3c(F)cccc3F)nc(O)c(C(=O)NCC(=O)O)c2=O)cc1. The lowest BCUT2D eigenvalue weighted by atomic mass is 9.87. The molecule has 0 saturated carbocycles. The third-order valence-corrected chi connectivity index (χ3v) is 5.12. The van der Waals surface area contributed by atoms with Crippen molar-refractivity contribution in [2.45, 2.75) is 32.7 Å². The predicted molar refractivity (Wildman–Crippen MR) is 120 cm³/mol. The van der Waals surface area contributed by atoms with Crippen LogP contribution in [-0.4, -0.2) is 38.2 Å². The summed E-state index contributed by atoms with van der Waals surface area (Å²) < 4.78 is 30.0. The normalized spacial score (nSPS) is 11.3. The van der Waals surface area contributed by atoms with Crippen molar-refractivity contribution in [3.8, 4) is 17.3 Å². The number of carboxylic acids is 1. The smallest absolute Gasteiger partial charge is 0.322 e. The van der Waals surface area contributed by atoms with Crippen molar-refractivity contribution in [2.75, 3.05) is 6.54 Å². The molecule has 0 aliphatic carbocycles. The molecule has 1 heterocycles. The van der Waals surface area contributed by atoms with Gasteiger partial charge in [-0.15, -0.1) is 0 Å². The Bertz CT molecular complexity index is 1290. The van der Waals surface area contributed by atoms with Crippen LogP contribution >= 0.6 is 0 Å². The molecule has 10 heteroatoms. The molecule has 0 unspecified atom stereocenters. The van der Waals surface area contributed by atoms with Gasteiger partial charge >= 0.3 is 5.97 Å². The molecule has 2 aromatic carbocycles. The van der Waals surface area contributed by atoms with Gasteiger partial charge in [-0.3, -0.25) is 19.0 Å². The van der Waals surface area contributed by atoms with E-state index in [9.17, 15) is 28.3 Å². The number of aromatic nitrogens is 2. The van der Waals surface area contributed by atoms with Crippen LogP contribution in [0.25, 0.3) is 11.4 Å². The molecule has 8 nitrogen and oxygen atoms in total. The number of benzene rings is 2. The highest BCUT2D eigenvalue weighted by molar-refractivity contribution is 5.97. The molecule has 0 spiro atoms. The van der Waals surface area contributed by atoms with Crippen molar-refractivity contribution in [3.05, 3.63) is 81.1 Å². The molecule has 0 aliphatic heterocycles. The van der Waals surface area contributed by atoms with E-state index in [0.717, 1.165) is 28.3 Å². The van der Waals surface area contributed by atoms with Gasteiger partial charge in [0.15, 0.2) is 11.4 Å². The molecular formula is C24H23F2N3O5. The van der Waals surface area contributed by atoms with E-state index in [4.69, 9.17) is 5.11 Å². The highest BCUT2D eigenvalue weighted by Gasteiger charge is 2.26. The Morgan fingerprint density at radius 2 is 1.65 bits per heavy atom. The van der Waals surface area contributed by atoms with Crippen molar-refractivity contribution in [1.29, 1.82) is 0 Å². The maximum Gasteiger partial charge on any atom is 0.322 e. The minimum absolute atomic E-state index is 0.133. The van der Waals surface area contributed by atoms with Gasteiger partial charge in [0.2, 0.25) is 5.88 Å². The number of aliphatic carboxylic acids is 1. The van der Waals surface area contributed by atoms with Gasteiger partial charge in [0, 0.05) is 0 Å². The lowest BCUT2D eigenvalue weighted by Crippen LogP contribution is -2.37. The average Bonchev–Trinajstić information content (AvgIpc) is 2.74. The van der Waals surface area contributed by atoms with Crippen LogP contribution in [0, 0.1) is 11.6 Å².